The molecule has 2 atom stereocenters. The minimum absolute atomic E-state index is 0.147. The Balaban J connectivity index is 1.99. The number of methoxy groups -OCH3 is 2. The van der Waals surface area contributed by atoms with Crippen LogP contribution in [0.3, 0.4) is 0 Å². The summed E-state index contributed by atoms with van der Waals surface area (Å²) in [6.07, 6.45) is 0.133. The van der Waals surface area contributed by atoms with Gasteiger partial charge in [0.25, 0.3) is 0 Å². The van der Waals surface area contributed by atoms with Gasteiger partial charge < -0.3 is 14.2 Å². The predicted molar refractivity (Wildman–Crippen MR) is 119 cm³/mol. The number of ether oxygens (including phenoxy) is 3. The van der Waals surface area contributed by atoms with Gasteiger partial charge >= 0.3 is 5.97 Å². The van der Waals surface area contributed by atoms with Crippen molar-refractivity contribution in [2.45, 2.75) is 68.4 Å². The van der Waals surface area contributed by atoms with Crippen molar-refractivity contribution in [2.75, 3.05) is 20.8 Å². The molecule has 1 aliphatic heterocycles. The standard InChI is InChI=1S/C23H32N2O6S/c1-16-8-7-9-17(12-16)32(27,28)23(4)10-11-31-19(14-23)18-13-20(24-25(18)15-29-5)22(2,3)21(26)30-6/h7-9,12-13,19H,10-11,14-15H2,1-6H3. The van der Waals surface area contributed by atoms with Crippen LogP contribution in [0.5, 0.6) is 0 Å². The zero-order valence-corrected chi connectivity index (χ0v) is 20.4. The Hall–Kier alpha value is -2.23. The normalized spacial score (nSPS) is 22.0. The SMILES string of the molecule is COCn1nc(C(C)(C)C(=O)OC)cc1C1CC(C)(S(=O)(=O)c2cccc(C)c2)CCO1. The molecule has 1 aliphatic rings. The maximum atomic E-state index is 13.6. The molecular formula is C23H32N2O6S. The average molecular weight is 465 g/mol. The van der Waals surface area contributed by atoms with Gasteiger partial charge in [-0.05, 0) is 64.3 Å². The van der Waals surface area contributed by atoms with E-state index in [0.717, 1.165) is 5.56 Å². The second kappa shape index (κ2) is 8.96. The fourth-order valence-corrected chi connectivity index (χ4v) is 5.94. The van der Waals surface area contributed by atoms with Crippen molar-refractivity contribution < 1.29 is 27.4 Å². The van der Waals surface area contributed by atoms with Crippen molar-refractivity contribution in [3.63, 3.8) is 0 Å². The van der Waals surface area contributed by atoms with E-state index in [1.54, 1.807) is 56.8 Å². The van der Waals surface area contributed by atoms with Crippen LogP contribution < -0.4 is 0 Å². The number of aromatic nitrogens is 2. The van der Waals surface area contributed by atoms with Gasteiger partial charge in [0.05, 0.1) is 28.1 Å². The molecule has 0 N–H and O–H groups in total. The van der Waals surface area contributed by atoms with Crippen LogP contribution in [0.15, 0.2) is 35.2 Å². The summed E-state index contributed by atoms with van der Waals surface area (Å²) >= 11 is 0. The number of nitrogens with zero attached hydrogens (tertiary/aromatic N) is 2. The van der Waals surface area contributed by atoms with Crippen LogP contribution in [0.4, 0.5) is 0 Å². The highest BCUT2D eigenvalue weighted by atomic mass is 32.2. The molecule has 32 heavy (non-hydrogen) atoms. The summed E-state index contributed by atoms with van der Waals surface area (Å²) in [7, 11) is -0.722. The largest absolute Gasteiger partial charge is 0.468 e. The summed E-state index contributed by atoms with van der Waals surface area (Å²) < 4.78 is 44.0. The monoisotopic (exact) mass is 464 g/mol. The van der Waals surface area contributed by atoms with Crippen molar-refractivity contribution in [1.82, 2.24) is 9.78 Å². The van der Waals surface area contributed by atoms with E-state index in [2.05, 4.69) is 5.10 Å². The maximum absolute atomic E-state index is 13.6. The highest BCUT2D eigenvalue weighted by molar-refractivity contribution is 7.92. The quantitative estimate of drug-likeness (QED) is 0.580. The van der Waals surface area contributed by atoms with Gasteiger partial charge in [-0.3, -0.25) is 4.79 Å². The van der Waals surface area contributed by atoms with E-state index in [-0.39, 0.29) is 13.2 Å². The highest BCUT2D eigenvalue weighted by Gasteiger charge is 2.46. The Morgan fingerprint density at radius 3 is 2.66 bits per heavy atom. The number of hydrogen-bond donors (Lipinski definition) is 0. The van der Waals surface area contributed by atoms with Crippen LogP contribution in [0.2, 0.25) is 0 Å². The predicted octanol–water partition coefficient (Wildman–Crippen LogP) is 3.33. The zero-order valence-electron chi connectivity index (χ0n) is 19.5. The molecule has 1 aromatic heterocycles. The number of aryl methyl sites for hydroxylation is 1. The highest BCUT2D eigenvalue weighted by Crippen LogP contribution is 2.42. The van der Waals surface area contributed by atoms with Gasteiger partial charge in [0.2, 0.25) is 0 Å². The van der Waals surface area contributed by atoms with Crippen LogP contribution in [-0.4, -0.2) is 49.7 Å². The van der Waals surface area contributed by atoms with E-state index < -0.39 is 32.1 Å². The van der Waals surface area contributed by atoms with Gasteiger partial charge in [-0.2, -0.15) is 5.10 Å². The molecule has 0 bridgehead atoms. The zero-order chi connectivity index (χ0) is 23.7. The molecule has 0 spiro atoms. The molecule has 0 amide bonds. The number of sulfone groups is 1. The summed E-state index contributed by atoms with van der Waals surface area (Å²) in [4.78, 5) is 12.6. The summed E-state index contributed by atoms with van der Waals surface area (Å²) in [5, 5.41) is 4.56. The third kappa shape index (κ3) is 4.33. The Morgan fingerprint density at radius 2 is 2.03 bits per heavy atom. The first-order chi connectivity index (χ1) is 15.0. The summed E-state index contributed by atoms with van der Waals surface area (Å²) in [6.45, 7) is 7.55. The van der Waals surface area contributed by atoms with Crippen molar-refractivity contribution in [2.24, 2.45) is 0 Å². The molecule has 1 aromatic carbocycles. The van der Waals surface area contributed by atoms with Crippen LogP contribution in [-0.2, 0) is 41.0 Å². The molecule has 1 fully saturated rings. The Bertz CT molecular complexity index is 1090. The van der Waals surface area contributed by atoms with Gasteiger partial charge in [-0.25, -0.2) is 13.1 Å². The van der Waals surface area contributed by atoms with Gasteiger partial charge in [-0.15, -0.1) is 0 Å². The molecule has 0 aliphatic carbocycles. The van der Waals surface area contributed by atoms with Crippen molar-refractivity contribution in [1.29, 1.82) is 0 Å². The number of esters is 1. The number of carbonyl (C=O) groups excluding carboxylic acids is 1. The molecule has 3 rings (SSSR count). The fourth-order valence-electron chi connectivity index (χ4n) is 4.05. The molecule has 1 saturated heterocycles. The van der Waals surface area contributed by atoms with E-state index in [1.807, 2.05) is 13.0 Å². The van der Waals surface area contributed by atoms with Gasteiger partial charge in [0.1, 0.15) is 18.2 Å². The molecule has 8 nitrogen and oxygen atoms in total. The third-order valence-corrected chi connectivity index (χ3v) is 8.79. The van der Waals surface area contributed by atoms with Gasteiger partial charge in [0, 0.05) is 13.7 Å². The van der Waals surface area contributed by atoms with Gasteiger partial charge in [0.15, 0.2) is 9.84 Å². The second-order valence-electron chi connectivity index (χ2n) is 9.07. The first-order valence-corrected chi connectivity index (χ1v) is 12.0. The Morgan fingerprint density at radius 1 is 1.31 bits per heavy atom. The lowest BCUT2D eigenvalue weighted by atomic mass is 9.88. The lowest BCUT2D eigenvalue weighted by Crippen LogP contribution is -2.42. The van der Waals surface area contributed by atoms with Crippen molar-refractivity contribution in [3.8, 4) is 0 Å². The topological polar surface area (TPSA) is 96.7 Å². The van der Waals surface area contributed by atoms with Crippen LogP contribution in [0.1, 0.15) is 56.7 Å². The number of rotatable bonds is 7. The first kappa shape index (κ1) is 24.4. The summed E-state index contributed by atoms with van der Waals surface area (Å²) in [5.41, 5.74) is 1.10. The van der Waals surface area contributed by atoms with E-state index >= 15 is 0 Å². The minimum Gasteiger partial charge on any atom is -0.468 e. The molecule has 9 heteroatoms. The lowest BCUT2D eigenvalue weighted by molar-refractivity contribution is -0.146. The maximum Gasteiger partial charge on any atom is 0.317 e. The molecule has 176 valence electrons. The molecule has 0 radical (unpaired) electrons. The number of carbonyl (C=O) groups is 1. The van der Waals surface area contributed by atoms with Crippen molar-refractivity contribution in [3.05, 3.63) is 47.3 Å². The van der Waals surface area contributed by atoms with Crippen LogP contribution in [0.25, 0.3) is 0 Å². The van der Waals surface area contributed by atoms with E-state index in [9.17, 15) is 13.2 Å². The summed E-state index contributed by atoms with van der Waals surface area (Å²) in [5.74, 6) is -0.414. The minimum atomic E-state index is -3.60. The lowest BCUT2D eigenvalue weighted by Gasteiger charge is -2.37. The fraction of sp³-hybridized carbons (Fsp3) is 0.565. The van der Waals surface area contributed by atoms with Crippen LogP contribution >= 0.6 is 0 Å². The number of benzene rings is 1. The Labute approximate surface area is 189 Å². The van der Waals surface area contributed by atoms with E-state index in [0.29, 0.717) is 29.3 Å². The molecule has 2 heterocycles. The Kier molecular flexibility index (Phi) is 6.83. The molecule has 0 saturated carbocycles. The van der Waals surface area contributed by atoms with Crippen molar-refractivity contribution >= 4 is 15.8 Å². The van der Waals surface area contributed by atoms with E-state index in [4.69, 9.17) is 14.2 Å². The van der Waals surface area contributed by atoms with E-state index in [1.165, 1.54) is 7.11 Å². The van der Waals surface area contributed by atoms with Gasteiger partial charge in [-0.1, -0.05) is 12.1 Å². The van der Waals surface area contributed by atoms with Crippen LogP contribution in [0, 0.1) is 6.92 Å². The third-order valence-electron chi connectivity index (χ3n) is 6.24. The number of hydrogen-bond acceptors (Lipinski definition) is 7. The molecular weight excluding hydrogens is 432 g/mol. The smallest absolute Gasteiger partial charge is 0.317 e. The molecule has 2 unspecified atom stereocenters. The first-order valence-electron chi connectivity index (χ1n) is 10.5. The molecule has 2 aromatic rings. The summed E-state index contributed by atoms with van der Waals surface area (Å²) in [6, 6.07) is 8.77. The second-order valence-corrected chi connectivity index (χ2v) is 11.5. The average Bonchev–Trinajstić information content (AvgIpc) is 3.18.